The van der Waals surface area contributed by atoms with Crippen molar-refractivity contribution in [1.82, 2.24) is 10.2 Å². The number of hydrogen-bond donors (Lipinski definition) is 1. The summed E-state index contributed by atoms with van der Waals surface area (Å²) in [6.07, 6.45) is 0. The molecule has 2 heterocycles. The summed E-state index contributed by atoms with van der Waals surface area (Å²) in [6, 6.07) is 4.43. The van der Waals surface area contributed by atoms with E-state index in [-0.39, 0.29) is 6.61 Å². The number of nitrogens with zero attached hydrogens (tertiary/aromatic N) is 2. The molecule has 1 fully saturated rings. The van der Waals surface area contributed by atoms with Crippen LogP contribution in [-0.2, 0) is 19.1 Å². The van der Waals surface area contributed by atoms with Gasteiger partial charge in [0.2, 0.25) is 11.9 Å². The number of esters is 1. The lowest BCUT2D eigenvalue weighted by atomic mass is 9.90. The average Bonchev–Trinajstić information content (AvgIpc) is 2.73. The van der Waals surface area contributed by atoms with Crippen molar-refractivity contribution in [1.29, 1.82) is 0 Å². The molecule has 28 heavy (non-hydrogen) atoms. The van der Waals surface area contributed by atoms with Gasteiger partial charge in [0, 0.05) is 24.7 Å². The largest absolute Gasteiger partial charge is 0.497 e. The van der Waals surface area contributed by atoms with Gasteiger partial charge in [-0.1, -0.05) is 0 Å². The highest BCUT2D eigenvalue weighted by atomic mass is 16.5. The number of amides is 1. The SMILES string of the molecule is CCOC(=O)[C@@H]1C(=O)NC(N2CCOCC2)=N[C@@H]1c1ccc(OC)cc1OC. The number of guanidine groups is 1. The summed E-state index contributed by atoms with van der Waals surface area (Å²) in [4.78, 5) is 32.0. The summed E-state index contributed by atoms with van der Waals surface area (Å²) < 4.78 is 21.2. The second-order valence-corrected chi connectivity index (χ2v) is 6.32. The fourth-order valence-corrected chi connectivity index (χ4v) is 3.29. The van der Waals surface area contributed by atoms with Crippen LogP contribution in [0.2, 0.25) is 0 Å². The van der Waals surface area contributed by atoms with Crippen LogP contribution < -0.4 is 14.8 Å². The van der Waals surface area contributed by atoms with Gasteiger partial charge in [-0.05, 0) is 19.1 Å². The van der Waals surface area contributed by atoms with Crippen molar-refractivity contribution < 1.29 is 28.5 Å². The van der Waals surface area contributed by atoms with E-state index in [1.165, 1.54) is 7.11 Å². The molecular formula is C19H25N3O6. The number of rotatable bonds is 5. The van der Waals surface area contributed by atoms with E-state index in [9.17, 15) is 9.59 Å². The van der Waals surface area contributed by atoms with Crippen molar-refractivity contribution in [2.75, 3.05) is 47.1 Å². The number of carbonyl (C=O) groups excluding carboxylic acids is 2. The van der Waals surface area contributed by atoms with E-state index in [0.29, 0.717) is 49.3 Å². The van der Waals surface area contributed by atoms with Crippen molar-refractivity contribution >= 4 is 17.8 Å². The van der Waals surface area contributed by atoms with Gasteiger partial charge in [0.05, 0.1) is 34.0 Å². The van der Waals surface area contributed by atoms with Gasteiger partial charge in [-0.15, -0.1) is 0 Å². The molecular weight excluding hydrogens is 366 g/mol. The minimum atomic E-state index is -1.10. The summed E-state index contributed by atoms with van der Waals surface area (Å²) >= 11 is 0. The van der Waals surface area contributed by atoms with E-state index in [0.717, 1.165) is 0 Å². The van der Waals surface area contributed by atoms with Crippen LogP contribution in [0.3, 0.4) is 0 Å². The van der Waals surface area contributed by atoms with Crippen LogP contribution in [0.25, 0.3) is 0 Å². The Kier molecular flexibility index (Phi) is 6.35. The third-order valence-electron chi connectivity index (χ3n) is 4.71. The molecule has 0 radical (unpaired) electrons. The van der Waals surface area contributed by atoms with Crippen LogP contribution in [0, 0.1) is 5.92 Å². The summed E-state index contributed by atoms with van der Waals surface area (Å²) in [6.45, 7) is 4.18. The summed E-state index contributed by atoms with van der Waals surface area (Å²) in [7, 11) is 3.08. The van der Waals surface area contributed by atoms with Crippen molar-refractivity contribution in [2.45, 2.75) is 13.0 Å². The lowest BCUT2D eigenvalue weighted by Gasteiger charge is -2.35. The molecule has 1 aromatic carbocycles. The van der Waals surface area contributed by atoms with Gasteiger partial charge in [-0.2, -0.15) is 0 Å². The minimum absolute atomic E-state index is 0.176. The lowest BCUT2D eigenvalue weighted by molar-refractivity contribution is -0.153. The monoisotopic (exact) mass is 391 g/mol. The molecule has 0 aromatic heterocycles. The standard InChI is InChI=1S/C19H25N3O6/c1-4-28-18(24)15-16(13-6-5-12(25-2)11-14(13)26-3)20-19(21-17(15)23)22-7-9-27-10-8-22/h5-6,11,15-16H,4,7-10H2,1-3H3,(H,20,21,23)/t15-,16+/m0/s1. The first-order valence-corrected chi connectivity index (χ1v) is 9.19. The third-order valence-corrected chi connectivity index (χ3v) is 4.71. The maximum atomic E-state index is 12.9. The highest BCUT2D eigenvalue weighted by Gasteiger charge is 2.43. The maximum absolute atomic E-state index is 12.9. The van der Waals surface area contributed by atoms with Gasteiger partial charge in [0.1, 0.15) is 17.5 Å². The van der Waals surface area contributed by atoms with Crippen molar-refractivity contribution in [3.63, 3.8) is 0 Å². The predicted molar refractivity (Wildman–Crippen MR) is 100 cm³/mol. The van der Waals surface area contributed by atoms with Crippen LogP contribution in [0.4, 0.5) is 0 Å². The second-order valence-electron chi connectivity index (χ2n) is 6.32. The normalized spacial score (nSPS) is 22.2. The van der Waals surface area contributed by atoms with E-state index in [2.05, 4.69) is 5.32 Å². The molecule has 152 valence electrons. The molecule has 0 saturated carbocycles. The second kappa shape index (κ2) is 8.92. The van der Waals surface area contributed by atoms with E-state index in [1.807, 2.05) is 4.90 Å². The molecule has 9 heteroatoms. The molecule has 0 spiro atoms. The Morgan fingerprint density at radius 1 is 1.29 bits per heavy atom. The van der Waals surface area contributed by atoms with Crippen molar-refractivity contribution in [3.8, 4) is 11.5 Å². The molecule has 0 bridgehead atoms. The fraction of sp³-hybridized carbons (Fsp3) is 0.526. The quantitative estimate of drug-likeness (QED) is 0.584. The first kappa shape index (κ1) is 19.9. The molecule has 1 N–H and O–H groups in total. The van der Waals surface area contributed by atoms with E-state index in [1.54, 1.807) is 32.2 Å². The highest BCUT2D eigenvalue weighted by molar-refractivity contribution is 6.08. The number of benzene rings is 1. The molecule has 1 saturated heterocycles. The molecule has 9 nitrogen and oxygen atoms in total. The highest BCUT2D eigenvalue weighted by Crippen LogP contribution is 2.38. The number of morpholine rings is 1. The number of aliphatic imine (C=N–C) groups is 1. The zero-order valence-electron chi connectivity index (χ0n) is 16.3. The lowest BCUT2D eigenvalue weighted by Crippen LogP contribution is -2.55. The first-order chi connectivity index (χ1) is 13.6. The summed E-state index contributed by atoms with van der Waals surface area (Å²) in [5.41, 5.74) is 0.613. The number of hydrogen-bond acceptors (Lipinski definition) is 8. The van der Waals surface area contributed by atoms with Crippen molar-refractivity contribution in [3.05, 3.63) is 23.8 Å². The van der Waals surface area contributed by atoms with Gasteiger partial charge in [-0.3, -0.25) is 14.9 Å². The summed E-state index contributed by atoms with van der Waals surface area (Å²) in [5, 5.41) is 2.75. The van der Waals surface area contributed by atoms with Gasteiger partial charge < -0.3 is 23.8 Å². The first-order valence-electron chi connectivity index (χ1n) is 9.19. The van der Waals surface area contributed by atoms with E-state index in [4.69, 9.17) is 23.9 Å². The molecule has 1 amide bonds. The van der Waals surface area contributed by atoms with Crippen LogP contribution in [0.5, 0.6) is 11.5 Å². The van der Waals surface area contributed by atoms with Crippen LogP contribution >= 0.6 is 0 Å². The number of carbonyl (C=O) groups is 2. The van der Waals surface area contributed by atoms with Gasteiger partial charge in [-0.25, -0.2) is 4.99 Å². The van der Waals surface area contributed by atoms with Gasteiger partial charge in [0.25, 0.3) is 0 Å². The zero-order chi connectivity index (χ0) is 20.1. The Morgan fingerprint density at radius 3 is 2.68 bits per heavy atom. The number of methoxy groups -OCH3 is 2. The molecule has 2 aliphatic heterocycles. The van der Waals surface area contributed by atoms with E-state index >= 15 is 0 Å². The maximum Gasteiger partial charge on any atom is 0.321 e. The predicted octanol–water partition coefficient (Wildman–Crippen LogP) is 0.742. The van der Waals surface area contributed by atoms with Gasteiger partial charge in [0.15, 0.2) is 5.92 Å². The molecule has 3 rings (SSSR count). The van der Waals surface area contributed by atoms with Crippen LogP contribution in [0.15, 0.2) is 23.2 Å². The molecule has 1 aromatic rings. The molecule has 0 aliphatic carbocycles. The van der Waals surface area contributed by atoms with Gasteiger partial charge >= 0.3 is 5.97 Å². The Morgan fingerprint density at radius 2 is 2.04 bits per heavy atom. The third kappa shape index (κ3) is 4.04. The Balaban J connectivity index is 2.04. The number of ether oxygens (including phenoxy) is 4. The average molecular weight is 391 g/mol. The Labute approximate surface area is 163 Å². The zero-order valence-corrected chi connectivity index (χ0v) is 16.3. The topological polar surface area (TPSA) is 98.7 Å². The number of nitrogens with one attached hydrogen (secondary N) is 1. The molecule has 2 aliphatic rings. The molecule has 2 atom stereocenters. The van der Waals surface area contributed by atoms with Crippen LogP contribution in [0.1, 0.15) is 18.5 Å². The Hall–Kier alpha value is -2.81. The Bertz CT molecular complexity index is 760. The fourth-order valence-electron chi connectivity index (χ4n) is 3.29. The van der Waals surface area contributed by atoms with Crippen molar-refractivity contribution in [2.24, 2.45) is 10.9 Å². The van der Waals surface area contributed by atoms with E-state index < -0.39 is 23.8 Å². The molecule has 0 unspecified atom stereocenters. The minimum Gasteiger partial charge on any atom is -0.497 e. The van der Waals surface area contributed by atoms with Crippen LogP contribution in [-0.4, -0.2) is 69.9 Å². The summed E-state index contributed by atoms with van der Waals surface area (Å²) in [5.74, 6) is -0.654. The smallest absolute Gasteiger partial charge is 0.321 e.